The Morgan fingerprint density at radius 1 is 1.14 bits per heavy atom. The Hall–Kier alpha value is -2.66. The molecule has 4 rings (SSSR count). The van der Waals surface area contributed by atoms with Gasteiger partial charge in [0.2, 0.25) is 5.91 Å². The molecule has 2 aromatic carbocycles. The molecule has 0 saturated carbocycles. The quantitative estimate of drug-likeness (QED) is 0.683. The molecule has 1 aliphatic heterocycles. The lowest BCUT2D eigenvalue weighted by Gasteiger charge is -2.33. The van der Waals surface area contributed by atoms with E-state index in [4.69, 9.17) is 0 Å². The molecule has 1 saturated heterocycles. The van der Waals surface area contributed by atoms with Gasteiger partial charge in [-0.2, -0.15) is 0 Å². The summed E-state index contributed by atoms with van der Waals surface area (Å²) in [7, 11) is 0. The monoisotopic (exact) mass is 390 g/mol. The summed E-state index contributed by atoms with van der Waals surface area (Å²) in [6.07, 6.45) is 5.63. The van der Waals surface area contributed by atoms with Crippen molar-refractivity contribution in [1.82, 2.24) is 19.8 Å². The lowest BCUT2D eigenvalue weighted by atomic mass is 10.0. The van der Waals surface area contributed by atoms with E-state index in [1.807, 2.05) is 35.8 Å². The first kappa shape index (κ1) is 19.6. The molecule has 1 fully saturated rings. The minimum atomic E-state index is -0.309. The average Bonchev–Trinajstić information content (AvgIpc) is 3.18. The summed E-state index contributed by atoms with van der Waals surface area (Å²) in [5.41, 5.74) is 4.39. The number of aromatic nitrogens is 2. The van der Waals surface area contributed by atoms with Crippen molar-refractivity contribution in [2.75, 3.05) is 6.54 Å². The third kappa shape index (κ3) is 4.35. The Morgan fingerprint density at radius 3 is 2.72 bits per heavy atom. The van der Waals surface area contributed by atoms with Crippen LogP contribution in [0.3, 0.4) is 0 Å². The number of fused-ring (bicyclic) bond motifs is 1. The van der Waals surface area contributed by atoms with E-state index in [0.717, 1.165) is 24.1 Å². The molecule has 5 heteroatoms. The number of rotatable bonds is 6. The second-order valence-electron chi connectivity index (χ2n) is 8.12. The summed E-state index contributed by atoms with van der Waals surface area (Å²) in [5.74, 6) is 0.00861. The maximum Gasteiger partial charge on any atom is 0.243 e. The lowest BCUT2D eigenvalue weighted by molar-refractivity contribution is -0.123. The molecule has 0 radical (unpaired) electrons. The normalized spacial score (nSPS) is 18.6. The number of carbonyl (C=O) groups excluding carboxylic acids is 1. The molecule has 0 unspecified atom stereocenters. The first-order valence-corrected chi connectivity index (χ1v) is 10.6. The van der Waals surface area contributed by atoms with Crippen LogP contribution in [0.5, 0.6) is 0 Å². The second kappa shape index (κ2) is 8.78. The largest absolute Gasteiger partial charge is 0.350 e. The summed E-state index contributed by atoms with van der Waals surface area (Å²) in [6, 6.07) is 16.7. The number of nitrogens with zero attached hydrogens (tertiary/aromatic N) is 3. The number of imidazole rings is 1. The van der Waals surface area contributed by atoms with Crippen LogP contribution in [0.1, 0.15) is 50.3 Å². The maximum atomic E-state index is 12.8. The lowest BCUT2D eigenvalue weighted by Crippen LogP contribution is -2.37. The minimum Gasteiger partial charge on any atom is -0.350 e. The van der Waals surface area contributed by atoms with Gasteiger partial charge in [-0.25, -0.2) is 4.98 Å². The molecule has 29 heavy (non-hydrogen) atoms. The standard InChI is InChI=1S/C24H30N4O/c1-18-9-7-8-14-27(18)16-21-11-4-3-10-20(21)15-25-24(29)19(2)28-17-26-22-12-5-6-13-23(22)28/h3-6,10-13,17-19H,7-9,14-16H2,1-2H3,(H,25,29)/t18-,19+/m1/s1. The van der Waals surface area contributed by atoms with Crippen molar-refractivity contribution in [3.8, 4) is 0 Å². The van der Waals surface area contributed by atoms with Gasteiger partial charge in [-0.15, -0.1) is 0 Å². The van der Waals surface area contributed by atoms with E-state index < -0.39 is 0 Å². The van der Waals surface area contributed by atoms with E-state index in [0.29, 0.717) is 12.6 Å². The zero-order chi connectivity index (χ0) is 20.2. The summed E-state index contributed by atoms with van der Waals surface area (Å²) in [6.45, 7) is 6.90. The summed E-state index contributed by atoms with van der Waals surface area (Å²) in [5, 5.41) is 3.13. The van der Waals surface area contributed by atoms with Crippen LogP contribution in [0, 0.1) is 0 Å². The van der Waals surface area contributed by atoms with Gasteiger partial charge >= 0.3 is 0 Å². The predicted molar refractivity (Wildman–Crippen MR) is 116 cm³/mol. The number of carbonyl (C=O) groups is 1. The van der Waals surface area contributed by atoms with Gasteiger partial charge in [0.1, 0.15) is 6.04 Å². The fraction of sp³-hybridized carbons (Fsp3) is 0.417. The van der Waals surface area contributed by atoms with Crippen LogP contribution < -0.4 is 5.32 Å². The Kier molecular flexibility index (Phi) is 5.95. The molecule has 2 atom stereocenters. The van der Waals surface area contributed by atoms with E-state index in [2.05, 4.69) is 46.4 Å². The average molecular weight is 391 g/mol. The van der Waals surface area contributed by atoms with Gasteiger partial charge in [0.15, 0.2) is 0 Å². The predicted octanol–water partition coefficient (Wildman–Crippen LogP) is 4.29. The third-order valence-corrected chi connectivity index (χ3v) is 6.16. The number of nitrogens with one attached hydrogen (secondary N) is 1. The Bertz CT molecular complexity index is 980. The zero-order valence-corrected chi connectivity index (χ0v) is 17.3. The number of likely N-dealkylation sites (tertiary alicyclic amines) is 1. The molecule has 0 aliphatic carbocycles. The highest BCUT2D eigenvalue weighted by molar-refractivity contribution is 5.83. The first-order chi connectivity index (χ1) is 14.1. The summed E-state index contributed by atoms with van der Waals surface area (Å²) in [4.78, 5) is 19.8. The van der Waals surface area contributed by atoms with E-state index in [9.17, 15) is 4.79 Å². The van der Waals surface area contributed by atoms with Crippen molar-refractivity contribution >= 4 is 16.9 Å². The summed E-state index contributed by atoms with van der Waals surface area (Å²) < 4.78 is 1.94. The Labute approximate surface area is 172 Å². The van der Waals surface area contributed by atoms with E-state index in [1.54, 1.807) is 6.33 Å². The number of hydrogen-bond acceptors (Lipinski definition) is 3. The van der Waals surface area contributed by atoms with Gasteiger partial charge in [0.05, 0.1) is 17.4 Å². The Morgan fingerprint density at radius 2 is 1.90 bits per heavy atom. The van der Waals surface area contributed by atoms with Crippen molar-refractivity contribution in [2.24, 2.45) is 0 Å². The molecule has 152 valence electrons. The topological polar surface area (TPSA) is 50.2 Å². The highest BCUT2D eigenvalue weighted by Gasteiger charge is 2.20. The van der Waals surface area contributed by atoms with Gasteiger partial charge in [0, 0.05) is 19.1 Å². The van der Waals surface area contributed by atoms with E-state index >= 15 is 0 Å². The fourth-order valence-electron chi connectivity index (χ4n) is 4.24. The fourth-order valence-corrected chi connectivity index (χ4v) is 4.24. The van der Waals surface area contributed by atoms with Gasteiger partial charge in [0.25, 0.3) is 0 Å². The van der Waals surface area contributed by atoms with Crippen molar-refractivity contribution in [3.63, 3.8) is 0 Å². The van der Waals surface area contributed by atoms with Crippen molar-refractivity contribution in [1.29, 1.82) is 0 Å². The molecule has 0 bridgehead atoms. The Balaban J connectivity index is 1.43. The number of benzene rings is 2. The summed E-state index contributed by atoms with van der Waals surface area (Å²) >= 11 is 0. The van der Waals surface area contributed by atoms with Gasteiger partial charge in [-0.3, -0.25) is 9.69 Å². The SMILES string of the molecule is C[C@@H]1CCCCN1Cc1ccccc1CNC(=O)[C@H](C)n1cnc2ccccc21. The highest BCUT2D eigenvalue weighted by atomic mass is 16.2. The minimum absolute atomic E-state index is 0.00861. The van der Waals surface area contributed by atoms with Crippen LogP contribution in [0.4, 0.5) is 0 Å². The number of hydrogen-bond donors (Lipinski definition) is 1. The van der Waals surface area contributed by atoms with E-state index in [1.165, 1.54) is 30.4 Å². The number of piperidine rings is 1. The highest BCUT2D eigenvalue weighted by Crippen LogP contribution is 2.21. The second-order valence-corrected chi connectivity index (χ2v) is 8.12. The van der Waals surface area contributed by atoms with Gasteiger partial charge in [-0.05, 0) is 56.5 Å². The number of amides is 1. The molecule has 2 heterocycles. The van der Waals surface area contributed by atoms with Crippen molar-refractivity contribution in [2.45, 2.75) is 58.3 Å². The molecular formula is C24H30N4O. The molecular weight excluding hydrogens is 360 g/mol. The smallest absolute Gasteiger partial charge is 0.243 e. The van der Waals surface area contributed by atoms with Crippen LogP contribution >= 0.6 is 0 Å². The van der Waals surface area contributed by atoms with Crippen LogP contribution in [0.2, 0.25) is 0 Å². The van der Waals surface area contributed by atoms with Crippen molar-refractivity contribution < 1.29 is 4.79 Å². The first-order valence-electron chi connectivity index (χ1n) is 10.6. The van der Waals surface area contributed by atoms with Gasteiger partial charge in [-0.1, -0.05) is 42.8 Å². The van der Waals surface area contributed by atoms with Crippen LogP contribution in [-0.2, 0) is 17.9 Å². The van der Waals surface area contributed by atoms with Crippen LogP contribution in [-0.4, -0.2) is 32.9 Å². The maximum absolute atomic E-state index is 12.8. The van der Waals surface area contributed by atoms with Crippen LogP contribution in [0.25, 0.3) is 11.0 Å². The molecule has 1 aromatic heterocycles. The van der Waals surface area contributed by atoms with Crippen molar-refractivity contribution in [3.05, 3.63) is 66.0 Å². The molecule has 0 spiro atoms. The third-order valence-electron chi connectivity index (χ3n) is 6.16. The molecule has 3 aromatic rings. The molecule has 1 N–H and O–H groups in total. The zero-order valence-electron chi connectivity index (χ0n) is 17.3. The molecule has 5 nitrogen and oxygen atoms in total. The van der Waals surface area contributed by atoms with E-state index in [-0.39, 0.29) is 11.9 Å². The van der Waals surface area contributed by atoms with Gasteiger partial charge < -0.3 is 9.88 Å². The number of para-hydroxylation sites is 2. The molecule has 1 aliphatic rings. The molecule has 1 amide bonds. The van der Waals surface area contributed by atoms with Crippen LogP contribution in [0.15, 0.2) is 54.9 Å².